The van der Waals surface area contributed by atoms with E-state index >= 15 is 0 Å². The van der Waals surface area contributed by atoms with Crippen LogP contribution in [0.4, 0.5) is 0 Å². The van der Waals surface area contributed by atoms with Crippen LogP contribution in [0, 0.1) is 0 Å². The SMILES string of the molecule is CCN1CCN(C(=O)CCNCc2ccccc2Cl)CC1. The molecule has 2 rings (SSSR count). The molecule has 1 aromatic carbocycles. The third kappa shape index (κ3) is 4.99. The lowest BCUT2D eigenvalue weighted by Gasteiger charge is -2.34. The first kappa shape index (κ1) is 16.3. The van der Waals surface area contributed by atoms with Gasteiger partial charge >= 0.3 is 0 Å². The van der Waals surface area contributed by atoms with Gasteiger partial charge in [0.25, 0.3) is 0 Å². The number of rotatable bonds is 6. The predicted molar refractivity (Wildman–Crippen MR) is 86.5 cm³/mol. The minimum atomic E-state index is 0.248. The summed E-state index contributed by atoms with van der Waals surface area (Å²) >= 11 is 6.10. The van der Waals surface area contributed by atoms with Crippen LogP contribution in [0.5, 0.6) is 0 Å². The smallest absolute Gasteiger partial charge is 0.223 e. The molecule has 21 heavy (non-hydrogen) atoms. The molecule has 0 unspecified atom stereocenters. The van der Waals surface area contributed by atoms with Crippen molar-refractivity contribution in [1.29, 1.82) is 0 Å². The van der Waals surface area contributed by atoms with Gasteiger partial charge in [-0.2, -0.15) is 0 Å². The van der Waals surface area contributed by atoms with Gasteiger partial charge in [-0.3, -0.25) is 4.79 Å². The Morgan fingerprint density at radius 2 is 1.95 bits per heavy atom. The van der Waals surface area contributed by atoms with Crippen molar-refractivity contribution in [2.24, 2.45) is 0 Å². The molecule has 0 radical (unpaired) electrons. The number of hydrogen-bond donors (Lipinski definition) is 1. The zero-order valence-corrected chi connectivity index (χ0v) is 13.4. The van der Waals surface area contributed by atoms with Gasteiger partial charge in [0.2, 0.25) is 5.91 Å². The van der Waals surface area contributed by atoms with Crippen LogP contribution < -0.4 is 5.32 Å². The summed E-state index contributed by atoms with van der Waals surface area (Å²) < 4.78 is 0. The van der Waals surface area contributed by atoms with Gasteiger partial charge in [0.15, 0.2) is 0 Å². The standard InChI is InChI=1S/C16H24ClN3O/c1-2-19-9-11-20(12-10-19)16(21)7-8-18-13-14-5-3-4-6-15(14)17/h3-6,18H,2,7-13H2,1H3. The molecule has 1 fully saturated rings. The van der Waals surface area contributed by atoms with E-state index in [2.05, 4.69) is 17.1 Å². The predicted octanol–water partition coefficient (Wildman–Crippen LogP) is 1.98. The first-order chi connectivity index (χ1) is 10.2. The Labute approximate surface area is 132 Å². The van der Waals surface area contributed by atoms with E-state index in [0.29, 0.717) is 19.5 Å². The van der Waals surface area contributed by atoms with Crippen molar-refractivity contribution in [3.63, 3.8) is 0 Å². The number of nitrogens with one attached hydrogen (secondary N) is 1. The van der Waals surface area contributed by atoms with E-state index in [-0.39, 0.29) is 5.91 Å². The first-order valence-electron chi connectivity index (χ1n) is 7.65. The van der Waals surface area contributed by atoms with Crippen LogP contribution in [-0.2, 0) is 11.3 Å². The van der Waals surface area contributed by atoms with Gasteiger partial charge < -0.3 is 15.1 Å². The number of amides is 1. The Morgan fingerprint density at radius 3 is 2.62 bits per heavy atom. The van der Waals surface area contributed by atoms with Crippen LogP contribution in [-0.4, -0.2) is 55.0 Å². The van der Waals surface area contributed by atoms with Gasteiger partial charge in [0.1, 0.15) is 0 Å². The molecule has 1 aliphatic rings. The van der Waals surface area contributed by atoms with Crippen molar-refractivity contribution in [1.82, 2.24) is 15.1 Å². The fourth-order valence-corrected chi connectivity index (χ4v) is 2.73. The average Bonchev–Trinajstić information content (AvgIpc) is 2.53. The molecule has 1 aliphatic heterocycles. The summed E-state index contributed by atoms with van der Waals surface area (Å²) in [7, 11) is 0. The summed E-state index contributed by atoms with van der Waals surface area (Å²) in [5.74, 6) is 0.248. The summed E-state index contributed by atoms with van der Waals surface area (Å²) in [6.45, 7) is 8.34. The number of hydrogen-bond acceptors (Lipinski definition) is 3. The summed E-state index contributed by atoms with van der Waals surface area (Å²) in [6, 6.07) is 7.78. The highest BCUT2D eigenvalue weighted by atomic mass is 35.5. The van der Waals surface area contributed by atoms with Gasteiger partial charge in [-0.25, -0.2) is 0 Å². The maximum absolute atomic E-state index is 12.1. The first-order valence-corrected chi connectivity index (χ1v) is 8.02. The van der Waals surface area contributed by atoms with E-state index in [1.54, 1.807) is 0 Å². The van der Waals surface area contributed by atoms with Crippen molar-refractivity contribution in [3.8, 4) is 0 Å². The molecule has 0 atom stereocenters. The molecule has 1 N–H and O–H groups in total. The number of carbonyl (C=O) groups is 1. The molecule has 0 aromatic heterocycles. The lowest BCUT2D eigenvalue weighted by Crippen LogP contribution is -2.48. The Kier molecular flexibility index (Phi) is 6.49. The van der Waals surface area contributed by atoms with Crippen LogP contribution in [0.25, 0.3) is 0 Å². The third-order valence-electron chi connectivity index (χ3n) is 3.96. The molecule has 0 bridgehead atoms. The second-order valence-corrected chi connectivity index (χ2v) is 5.74. The van der Waals surface area contributed by atoms with E-state index < -0.39 is 0 Å². The number of likely N-dealkylation sites (N-methyl/N-ethyl adjacent to an activating group) is 1. The Hall–Kier alpha value is -1.10. The summed E-state index contributed by atoms with van der Waals surface area (Å²) in [4.78, 5) is 16.5. The van der Waals surface area contributed by atoms with Gasteiger partial charge in [-0.15, -0.1) is 0 Å². The average molecular weight is 310 g/mol. The van der Waals surface area contributed by atoms with Gasteiger partial charge in [0.05, 0.1) is 0 Å². The van der Waals surface area contributed by atoms with Crippen molar-refractivity contribution in [2.45, 2.75) is 19.9 Å². The maximum atomic E-state index is 12.1. The Bertz CT molecular complexity index is 459. The van der Waals surface area contributed by atoms with Crippen molar-refractivity contribution in [2.75, 3.05) is 39.3 Å². The van der Waals surface area contributed by atoms with Crippen LogP contribution in [0.1, 0.15) is 18.9 Å². The molecule has 1 amide bonds. The zero-order chi connectivity index (χ0) is 15.1. The van der Waals surface area contributed by atoms with Gasteiger partial charge in [-0.1, -0.05) is 36.7 Å². The summed E-state index contributed by atoms with van der Waals surface area (Å²) in [5.41, 5.74) is 1.07. The molecule has 0 spiro atoms. The number of halogens is 1. The second kappa shape index (κ2) is 8.37. The summed E-state index contributed by atoms with van der Waals surface area (Å²) in [6.07, 6.45) is 0.552. The molecule has 116 valence electrons. The highest BCUT2D eigenvalue weighted by Gasteiger charge is 2.19. The molecule has 1 saturated heterocycles. The molecule has 4 nitrogen and oxygen atoms in total. The van der Waals surface area contributed by atoms with Crippen molar-refractivity contribution >= 4 is 17.5 Å². The topological polar surface area (TPSA) is 35.6 Å². The number of benzene rings is 1. The van der Waals surface area contributed by atoms with E-state index in [9.17, 15) is 4.79 Å². The highest BCUT2D eigenvalue weighted by Crippen LogP contribution is 2.14. The molecule has 0 saturated carbocycles. The monoisotopic (exact) mass is 309 g/mol. The molecule has 5 heteroatoms. The lowest BCUT2D eigenvalue weighted by atomic mass is 10.2. The molecule has 1 aromatic rings. The minimum Gasteiger partial charge on any atom is -0.340 e. The van der Waals surface area contributed by atoms with E-state index in [1.165, 1.54) is 0 Å². The molecule has 1 heterocycles. The fraction of sp³-hybridized carbons (Fsp3) is 0.562. The quantitative estimate of drug-likeness (QED) is 0.816. The van der Waals surface area contributed by atoms with Crippen molar-refractivity contribution in [3.05, 3.63) is 34.9 Å². The Balaban J connectivity index is 1.65. The van der Waals surface area contributed by atoms with E-state index in [0.717, 1.165) is 43.3 Å². The normalized spacial score (nSPS) is 16.2. The van der Waals surface area contributed by atoms with E-state index in [1.807, 2.05) is 29.2 Å². The summed E-state index contributed by atoms with van der Waals surface area (Å²) in [5, 5.41) is 4.06. The molecular weight excluding hydrogens is 286 g/mol. The minimum absolute atomic E-state index is 0.248. The molecule has 0 aliphatic carbocycles. The zero-order valence-electron chi connectivity index (χ0n) is 12.6. The van der Waals surface area contributed by atoms with Gasteiger partial charge in [-0.05, 0) is 18.2 Å². The van der Waals surface area contributed by atoms with Crippen LogP contribution in [0.15, 0.2) is 24.3 Å². The number of piperazine rings is 1. The largest absolute Gasteiger partial charge is 0.340 e. The maximum Gasteiger partial charge on any atom is 0.223 e. The fourth-order valence-electron chi connectivity index (χ4n) is 2.53. The van der Waals surface area contributed by atoms with Crippen molar-refractivity contribution < 1.29 is 4.79 Å². The van der Waals surface area contributed by atoms with E-state index in [4.69, 9.17) is 11.6 Å². The van der Waals surface area contributed by atoms with Crippen LogP contribution >= 0.6 is 11.6 Å². The molecular formula is C16H24ClN3O. The lowest BCUT2D eigenvalue weighted by molar-refractivity contribution is -0.132. The number of carbonyl (C=O) groups excluding carboxylic acids is 1. The second-order valence-electron chi connectivity index (χ2n) is 5.33. The van der Waals surface area contributed by atoms with Crippen LogP contribution in [0.2, 0.25) is 5.02 Å². The highest BCUT2D eigenvalue weighted by molar-refractivity contribution is 6.31. The third-order valence-corrected chi connectivity index (χ3v) is 4.33. The Morgan fingerprint density at radius 1 is 1.24 bits per heavy atom. The number of nitrogens with zero attached hydrogens (tertiary/aromatic N) is 2. The van der Waals surface area contributed by atoms with Crippen LogP contribution in [0.3, 0.4) is 0 Å². The van der Waals surface area contributed by atoms with Gasteiger partial charge in [0, 0.05) is 50.7 Å².